The van der Waals surface area contributed by atoms with Crippen molar-refractivity contribution >= 4 is 10.9 Å². The van der Waals surface area contributed by atoms with Crippen molar-refractivity contribution in [1.82, 2.24) is 19.7 Å². The molecule has 1 atom stereocenters. The van der Waals surface area contributed by atoms with Gasteiger partial charge in [-0.05, 0) is 25.3 Å². The molecule has 0 saturated carbocycles. The van der Waals surface area contributed by atoms with Gasteiger partial charge in [-0.1, -0.05) is 18.2 Å². The summed E-state index contributed by atoms with van der Waals surface area (Å²) in [4.78, 5) is 8.00. The molecule has 1 fully saturated rings. The van der Waals surface area contributed by atoms with Gasteiger partial charge in [-0.2, -0.15) is 5.10 Å². The SMILES string of the molecule is OCCn1nc(-c2c[nH]c3ccccc23)nc1C1CCCCO1. The Bertz CT molecular complexity index is 802. The molecule has 6 nitrogen and oxygen atoms in total. The zero-order chi connectivity index (χ0) is 15.6. The largest absolute Gasteiger partial charge is 0.394 e. The number of hydrogen-bond donors (Lipinski definition) is 2. The molecule has 120 valence electrons. The third-order valence-corrected chi connectivity index (χ3v) is 4.31. The minimum Gasteiger partial charge on any atom is -0.394 e. The monoisotopic (exact) mass is 312 g/mol. The number of rotatable bonds is 4. The number of aromatic amines is 1. The molecule has 1 aliphatic heterocycles. The van der Waals surface area contributed by atoms with Crippen LogP contribution < -0.4 is 0 Å². The molecule has 3 heterocycles. The van der Waals surface area contributed by atoms with Gasteiger partial charge in [-0.3, -0.25) is 0 Å². The topological polar surface area (TPSA) is 76.0 Å². The summed E-state index contributed by atoms with van der Waals surface area (Å²) in [7, 11) is 0. The van der Waals surface area contributed by atoms with E-state index in [9.17, 15) is 5.11 Å². The lowest BCUT2D eigenvalue weighted by Crippen LogP contribution is -2.18. The van der Waals surface area contributed by atoms with Gasteiger partial charge in [0, 0.05) is 29.3 Å². The van der Waals surface area contributed by atoms with Crippen LogP contribution in [0.3, 0.4) is 0 Å². The number of ether oxygens (including phenoxy) is 1. The fourth-order valence-corrected chi connectivity index (χ4v) is 3.17. The van der Waals surface area contributed by atoms with E-state index in [2.05, 4.69) is 16.1 Å². The van der Waals surface area contributed by atoms with Crippen molar-refractivity contribution < 1.29 is 9.84 Å². The van der Waals surface area contributed by atoms with Gasteiger partial charge >= 0.3 is 0 Å². The Kier molecular flexibility index (Phi) is 3.85. The van der Waals surface area contributed by atoms with E-state index in [-0.39, 0.29) is 12.7 Å². The molecular weight excluding hydrogens is 292 g/mol. The second kappa shape index (κ2) is 6.14. The maximum absolute atomic E-state index is 9.32. The third kappa shape index (κ3) is 2.64. The van der Waals surface area contributed by atoms with Crippen LogP contribution in [0.1, 0.15) is 31.2 Å². The van der Waals surface area contributed by atoms with Gasteiger partial charge in [0.05, 0.1) is 13.2 Å². The molecule has 1 aromatic carbocycles. The number of fused-ring (bicyclic) bond motifs is 1. The Balaban J connectivity index is 1.77. The smallest absolute Gasteiger partial charge is 0.183 e. The molecule has 23 heavy (non-hydrogen) atoms. The normalized spacial score (nSPS) is 18.6. The van der Waals surface area contributed by atoms with Crippen LogP contribution in [0.5, 0.6) is 0 Å². The molecule has 2 aromatic heterocycles. The van der Waals surface area contributed by atoms with Gasteiger partial charge < -0.3 is 14.8 Å². The first-order chi connectivity index (χ1) is 11.4. The van der Waals surface area contributed by atoms with Crippen molar-refractivity contribution in [2.24, 2.45) is 0 Å². The number of hydrogen-bond acceptors (Lipinski definition) is 4. The maximum Gasteiger partial charge on any atom is 0.183 e. The number of nitrogens with zero attached hydrogens (tertiary/aromatic N) is 3. The number of benzene rings is 1. The minimum absolute atomic E-state index is 0.0262. The number of nitrogens with one attached hydrogen (secondary N) is 1. The second-order valence-electron chi connectivity index (χ2n) is 5.84. The van der Waals surface area contributed by atoms with Crippen LogP contribution in [0.4, 0.5) is 0 Å². The van der Waals surface area contributed by atoms with Crippen LogP contribution in [-0.2, 0) is 11.3 Å². The maximum atomic E-state index is 9.32. The van der Waals surface area contributed by atoms with E-state index in [0.717, 1.165) is 48.2 Å². The molecule has 0 radical (unpaired) electrons. The molecule has 4 rings (SSSR count). The molecule has 0 bridgehead atoms. The summed E-state index contributed by atoms with van der Waals surface area (Å²) in [6, 6.07) is 8.11. The van der Waals surface area contributed by atoms with Gasteiger partial charge in [0.15, 0.2) is 11.6 Å². The van der Waals surface area contributed by atoms with E-state index >= 15 is 0 Å². The lowest BCUT2D eigenvalue weighted by atomic mass is 10.1. The van der Waals surface area contributed by atoms with Crippen molar-refractivity contribution in [1.29, 1.82) is 0 Å². The third-order valence-electron chi connectivity index (χ3n) is 4.31. The Hall–Kier alpha value is -2.18. The standard InChI is InChI=1S/C17H20N4O2/c22-9-8-21-17(15-7-3-4-10-23-15)19-16(20-21)13-11-18-14-6-2-1-5-12(13)14/h1-2,5-6,11,15,18,22H,3-4,7-10H2. The van der Waals surface area contributed by atoms with Crippen LogP contribution in [0.15, 0.2) is 30.5 Å². The summed E-state index contributed by atoms with van der Waals surface area (Å²) >= 11 is 0. The molecular formula is C17H20N4O2. The zero-order valence-electron chi connectivity index (χ0n) is 12.9. The molecule has 0 spiro atoms. The van der Waals surface area contributed by atoms with E-state index in [0.29, 0.717) is 12.4 Å². The van der Waals surface area contributed by atoms with E-state index in [1.807, 2.05) is 24.4 Å². The molecule has 1 unspecified atom stereocenters. The minimum atomic E-state index is -0.0262. The van der Waals surface area contributed by atoms with Crippen molar-refractivity contribution in [3.63, 3.8) is 0 Å². The molecule has 0 aliphatic carbocycles. The highest BCUT2D eigenvalue weighted by atomic mass is 16.5. The van der Waals surface area contributed by atoms with Crippen molar-refractivity contribution in [2.75, 3.05) is 13.2 Å². The lowest BCUT2D eigenvalue weighted by molar-refractivity contribution is 0.00627. The summed E-state index contributed by atoms with van der Waals surface area (Å²) < 4.78 is 7.64. The van der Waals surface area contributed by atoms with Crippen LogP contribution in [0, 0.1) is 0 Å². The Morgan fingerprint density at radius 2 is 2.22 bits per heavy atom. The van der Waals surface area contributed by atoms with Gasteiger partial charge in [0.2, 0.25) is 0 Å². The van der Waals surface area contributed by atoms with Crippen molar-refractivity contribution in [3.05, 3.63) is 36.3 Å². The van der Waals surface area contributed by atoms with Gasteiger partial charge in [-0.25, -0.2) is 9.67 Å². The highest BCUT2D eigenvalue weighted by Gasteiger charge is 2.24. The first kappa shape index (κ1) is 14.4. The highest BCUT2D eigenvalue weighted by Crippen LogP contribution is 2.30. The zero-order valence-corrected chi connectivity index (χ0v) is 12.9. The van der Waals surface area contributed by atoms with Crippen molar-refractivity contribution in [2.45, 2.75) is 31.9 Å². The average molecular weight is 312 g/mol. The summed E-state index contributed by atoms with van der Waals surface area (Å²) in [5.41, 5.74) is 2.05. The molecule has 3 aromatic rings. The summed E-state index contributed by atoms with van der Waals surface area (Å²) in [5.74, 6) is 1.50. The Morgan fingerprint density at radius 1 is 1.30 bits per heavy atom. The first-order valence-electron chi connectivity index (χ1n) is 8.10. The Labute approximate surface area is 134 Å². The number of para-hydroxylation sites is 1. The van der Waals surface area contributed by atoms with Crippen LogP contribution in [0.2, 0.25) is 0 Å². The summed E-state index contributed by atoms with van der Waals surface area (Å²) in [6.07, 6.45) is 5.10. The van der Waals surface area contributed by atoms with Crippen LogP contribution in [-0.4, -0.2) is 38.1 Å². The molecule has 2 N–H and O–H groups in total. The quantitative estimate of drug-likeness (QED) is 0.776. The fraction of sp³-hybridized carbons (Fsp3) is 0.412. The predicted octanol–water partition coefficient (Wildman–Crippen LogP) is 2.66. The van der Waals surface area contributed by atoms with Crippen molar-refractivity contribution in [3.8, 4) is 11.4 Å². The number of aliphatic hydroxyl groups is 1. The van der Waals surface area contributed by atoms with Crippen LogP contribution >= 0.6 is 0 Å². The van der Waals surface area contributed by atoms with E-state index in [1.54, 1.807) is 4.68 Å². The predicted molar refractivity (Wildman–Crippen MR) is 86.9 cm³/mol. The summed E-state index contributed by atoms with van der Waals surface area (Å²) in [5, 5.41) is 15.0. The van der Waals surface area contributed by atoms with E-state index in [1.165, 1.54) is 0 Å². The number of aromatic nitrogens is 4. The lowest BCUT2D eigenvalue weighted by Gasteiger charge is -2.21. The second-order valence-corrected chi connectivity index (χ2v) is 5.84. The first-order valence-corrected chi connectivity index (χ1v) is 8.10. The fourth-order valence-electron chi connectivity index (χ4n) is 3.17. The molecule has 6 heteroatoms. The van der Waals surface area contributed by atoms with E-state index in [4.69, 9.17) is 9.72 Å². The summed E-state index contributed by atoms with van der Waals surface area (Å²) in [6.45, 7) is 1.24. The highest BCUT2D eigenvalue weighted by molar-refractivity contribution is 5.93. The number of H-pyrrole nitrogens is 1. The number of aliphatic hydroxyl groups excluding tert-OH is 1. The molecule has 1 saturated heterocycles. The van der Waals surface area contributed by atoms with Gasteiger partial charge in [0.25, 0.3) is 0 Å². The Morgan fingerprint density at radius 3 is 3.04 bits per heavy atom. The average Bonchev–Trinajstić information content (AvgIpc) is 3.20. The molecule has 0 amide bonds. The molecule has 1 aliphatic rings. The van der Waals surface area contributed by atoms with Gasteiger partial charge in [0.1, 0.15) is 6.10 Å². The van der Waals surface area contributed by atoms with E-state index < -0.39 is 0 Å². The van der Waals surface area contributed by atoms with Crippen LogP contribution in [0.25, 0.3) is 22.3 Å². The van der Waals surface area contributed by atoms with Gasteiger partial charge in [-0.15, -0.1) is 0 Å².